The molecule has 1 amide bonds. The molecule has 2 aliphatic rings. The third kappa shape index (κ3) is 1.28. The molecule has 19 heavy (non-hydrogen) atoms. The summed E-state index contributed by atoms with van der Waals surface area (Å²) in [5.41, 5.74) is 2.60. The Morgan fingerprint density at radius 1 is 1.21 bits per heavy atom. The van der Waals surface area contributed by atoms with Crippen molar-refractivity contribution in [1.29, 1.82) is 0 Å². The van der Waals surface area contributed by atoms with Crippen molar-refractivity contribution in [1.82, 2.24) is 4.98 Å². The van der Waals surface area contributed by atoms with E-state index < -0.39 is 5.41 Å². The zero-order valence-corrected chi connectivity index (χ0v) is 10.2. The van der Waals surface area contributed by atoms with E-state index >= 15 is 0 Å². The van der Waals surface area contributed by atoms with Gasteiger partial charge in [0.05, 0.1) is 5.41 Å². The molecule has 1 atom stereocenters. The lowest BCUT2D eigenvalue weighted by molar-refractivity contribution is -0.120. The van der Waals surface area contributed by atoms with Gasteiger partial charge in [-0.3, -0.25) is 4.79 Å². The molecule has 1 aromatic heterocycles. The summed E-state index contributed by atoms with van der Waals surface area (Å²) >= 11 is 0. The number of aromatic nitrogens is 1. The number of rotatable bonds is 0. The Balaban J connectivity index is 1.88. The highest BCUT2D eigenvalue weighted by Crippen LogP contribution is 2.46. The van der Waals surface area contributed by atoms with Gasteiger partial charge in [-0.1, -0.05) is 12.1 Å². The number of fused-ring (bicyclic) bond motifs is 3. The van der Waals surface area contributed by atoms with Gasteiger partial charge in [-0.2, -0.15) is 0 Å². The molecule has 94 valence electrons. The first-order valence-electron chi connectivity index (χ1n) is 6.27. The van der Waals surface area contributed by atoms with Crippen molar-refractivity contribution in [2.75, 3.05) is 5.32 Å². The molecule has 2 N–H and O–H groups in total. The normalized spacial score (nSPS) is 23.3. The first-order chi connectivity index (χ1) is 9.19. The predicted molar refractivity (Wildman–Crippen MR) is 70.1 cm³/mol. The van der Waals surface area contributed by atoms with Crippen molar-refractivity contribution in [2.24, 2.45) is 0 Å². The molecule has 4 rings (SSSR count). The van der Waals surface area contributed by atoms with Gasteiger partial charge in [0.2, 0.25) is 5.91 Å². The highest BCUT2D eigenvalue weighted by Gasteiger charge is 2.50. The van der Waals surface area contributed by atoms with E-state index in [2.05, 4.69) is 10.3 Å². The quantitative estimate of drug-likeness (QED) is 0.751. The fourth-order valence-corrected chi connectivity index (χ4v) is 3.25. The molecular formula is C15H12N2O2. The second-order valence-electron chi connectivity index (χ2n) is 5.24. The van der Waals surface area contributed by atoms with Gasteiger partial charge in [-0.05, 0) is 42.2 Å². The fourth-order valence-electron chi connectivity index (χ4n) is 3.25. The highest BCUT2D eigenvalue weighted by atomic mass is 16.3. The Kier molecular flexibility index (Phi) is 1.86. The standard InChI is InChI=1S/C15H12N2O2/c18-11-4-3-9-7-15(8-10(9)6-11)12-2-1-5-16-13(12)17-14(15)19/h1-6,18H,7-8H2,(H,16,17,19). The number of amides is 1. The van der Waals surface area contributed by atoms with Crippen LogP contribution in [0.2, 0.25) is 0 Å². The number of nitrogens with one attached hydrogen (secondary N) is 1. The molecule has 2 heterocycles. The molecule has 0 saturated carbocycles. The minimum atomic E-state index is -0.542. The van der Waals surface area contributed by atoms with E-state index in [-0.39, 0.29) is 11.7 Å². The van der Waals surface area contributed by atoms with Gasteiger partial charge in [-0.25, -0.2) is 4.98 Å². The topological polar surface area (TPSA) is 62.2 Å². The van der Waals surface area contributed by atoms with Crippen molar-refractivity contribution in [3.05, 3.63) is 53.2 Å². The average molecular weight is 252 g/mol. The number of carbonyl (C=O) groups excluding carboxylic acids is 1. The van der Waals surface area contributed by atoms with E-state index in [4.69, 9.17) is 0 Å². The molecule has 0 bridgehead atoms. The summed E-state index contributed by atoms with van der Waals surface area (Å²) in [6, 6.07) is 9.16. The summed E-state index contributed by atoms with van der Waals surface area (Å²) in [5, 5.41) is 12.4. The third-order valence-electron chi connectivity index (χ3n) is 4.16. The summed E-state index contributed by atoms with van der Waals surface area (Å²) in [5.74, 6) is 0.932. The molecule has 0 saturated heterocycles. The number of hydrogen-bond donors (Lipinski definition) is 2. The number of benzene rings is 1. The van der Waals surface area contributed by atoms with Crippen LogP contribution in [-0.2, 0) is 23.1 Å². The van der Waals surface area contributed by atoms with Crippen LogP contribution in [0.1, 0.15) is 16.7 Å². The zero-order valence-electron chi connectivity index (χ0n) is 10.2. The molecule has 1 unspecified atom stereocenters. The zero-order chi connectivity index (χ0) is 13.0. The molecule has 1 aliphatic heterocycles. The smallest absolute Gasteiger partial charge is 0.237 e. The van der Waals surface area contributed by atoms with Gasteiger partial charge in [0.1, 0.15) is 11.6 Å². The minimum Gasteiger partial charge on any atom is -0.508 e. The molecule has 1 spiro atoms. The number of phenolic OH excluding ortho intramolecular Hbond substituents is 1. The van der Waals surface area contributed by atoms with Crippen LogP contribution in [0.25, 0.3) is 0 Å². The third-order valence-corrected chi connectivity index (χ3v) is 4.16. The first-order valence-corrected chi connectivity index (χ1v) is 6.27. The Morgan fingerprint density at radius 2 is 2.05 bits per heavy atom. The van der Waals surface area contributed by atoms with E-state index in [0.717, 1.165) is 16.7 Å². The van der Waals surface area contributed by atoms with Crippen LogP contribution in [0.4, 0.5) is 5.82 Å². The van der Waals surface area contributed by atoms with Gasteiger partial charge in [-0.15, -0.1) is 0 Å². The SMILES string of the molecule is O=C1Nc2ncccc2C12Cc1ccc(O)cc1C2. The van der Waals surface area contributed by atoms with Crippen molar-refractivity contribution in [2.45, 2.75) is 18.3 Å². The second-order valence-corrected chi connectivity index (χ2v) is 5.24. The molecule has 2 aromatic rings. The van der Waals surface area contributed by atoms with E-state index in [9.17, 15) is 9.90 Å². The van der Waals surface area contributed by atoms with E-state index in [0.29, 0.717) is 18.7 Å². The maximum absolute atomic E-state index is 12.4. The van der Waals surface area contributed by atoms with E-state index in [1.807, 2.05) is 18.2 Å². The summed E-state index contributed by atoms with van der Waals surface area (Å²) in [6.07, 6.45) is 2.99. The van der Waals surface area contributed by atoms with Crippen LogP contribution in [-0.4, -0.2) is 16.0 Å². The summed E-state index contributed by atoms with van der Waals surface area (Å²) in [4.78, 5) is 16.6. The molecule has 0 fully saturated rings. The second kappa shape index (κ2) is 3.35. The predicted octanol–water partition coefficient (Wildman–Crippen LogP) is 1.78. The Morgan fingerprint density at radius 3 is 2.95 bits per heavy atom. The lowest BCUT2D eigenvalue weighted by Crippen LogP contribution is -2.35. The van der Waals surface area contributed by atoms with Gasteiger partial charge in [0.15, 0.2) is 0 Å². The number of phenols is 1. The summed E-state index contributed by atoms with van der Waals surface area (Å²) < 4.78 is 0. The minimum absolute atomic E-state index is 0.0110. The maximum Gasteiger partial charge on any atom is 0.237 e. The molecule has 1 aromatic carbocycles. The lowest BCUT2D eigenvalue weighted by Gasteiger charge is -2.20. The van der Waals surface area contributed by atoms with Crippen LogP contribution in [0.15, 0.2) is 36.5 Å². The van der Waals surface area contributed by atoms with Crippen LogP contribution >= 0.6 is 0 Å². The molecule has 1 aliphatic carbocycles. The number of hydrogen-bond acceptors (Lipinski definition) is 3. The van der Waals surface area contributed by atoms with Crippen molar-refractivity contribution in [3.8, 4) is 5.75 Å². The number of aromatic hydroxyl groups is 1. The van der Waals surface area contributed by atoms with Crippen molar-refractivity contribution < 1.29 is 9.90 Å². The summed E-state index contributed by atoms with van der Waals surface area (Å²) in [7, 11) is 0. The molecule has 4 nitrogen and oxygen atoms in total. The largest absolute Gasteiger partial charge is 0.508 e. The van der Waals surface area contributed by atoms with Crippen LogP contribution in [0.5, 0.6) is 5.75 Å². The summed E-state index contributed by atoms with van der Waals surface area (Å²) in [6.45, 7) is 0. The monoisotopic (exact) mass is 252 g/mol. The van der Waals surface area contributed by atoms with Crippen molar-refractivity contribution in [3.63, 3.8) is 0 Å². The first kappa shape index (κ1) is 10.6. The Bertz CT molecular complexity index is 711. The molecular weight excluding hydrogens is 240 g/mol. The van der Waals surface area contributed by atoms with Crippen LogP contribution in [0.3, 0.4) is 0 Å². The number of carbonyl (C=O) groups is 1. The van der Waals surface area contributed by atoms with Gasteiger partial charge < -0.3 is 10.4 Å². The number of nitrogens with zero attached hydrogens (tertiary/aromatic N) is 1. The van der Waals surface area contributed by atoms with Gasteiger partial charge in [0, 0.05) is 11.8 Å². The van der Waals surface area contributed by atoms with Crippen molar-refractivity contribution >= 4 is 11.7 Å². The maximum atomic E-state index is 12.4. The molecule has 0 radical (unpaired) electrons. The molecule has 4 heteroatoms. The van der Waals surface area contributed by atoms with E-state index in [1.165, 1.54) is 0 Å². The highest BCUT2D eigenvalue weighted by molar-refractivity contribution is 6.06. The number of pyridine rings is 1. The lowest BCUT2D eigenvalue weighted by atomic mass is 9.79. The number of anilines is 1. The Labute approximate surface area is 110 Å². The Hall–Kier alpha value is -2.36. The van der Waals surface area contributed by atoms with E-state index in [1.54, 1.807) is 18.3 Å². The van der Waals surface area contributed by atoms with Gasteiger partial charge >= 0.3 is 0 Å². The fraction of sp³-hybridized carbons (Fsp3) is 0.200. The van der Waals surface area contributed by atoms with Gasteiger partial charge in [0.25, 0.3) is 0 Å². The average Bonchev–Trinajstić information content (AvgIpc) is 2.90. The van der Waals surface area contributed by atoms with Crippen LogP contribution in [0, 0.1) is 0 Å². The van der Waals surface area contributed by atoms with Crippen LogP contribution < -0.4 is 5.32 Å².